The number of aromatic hydroxyl groups is 1. The number of hydrogen-bond donors (Lipinski definition) is 2. The number of phenols is 1. The van der Waals surface area contributed by atoms with Crippen LogP contribution in [-0.4, -0.2) is 24.3 Å². The number of carbonyl (C=O) groups is 1. The number of carbonyl (C=O) groups excluding carboxylic acids is 1. The number of hydrogen-bond acceptors (Lipinski definition) is 4. The van der Waals surface area contributed by atoms with Gasteiger partial charge in [-0.1, -0.05) is 23.7 Å². The Morgan fingerprint density at radius 1 is 1.33 bits per heavy atom. The highest BCUT2D eigenvalue weighted by Crippen LogP contribution is 2.21. The van der Waals surface area contributed by atoms with Gasteiger partial charge in [0.25, 0.3) is 5.91 Å². The molecule has 2 aromatic carbocycles. The van der Waals surface area contributed by atoms with Gasteiger partial charge in [-0.25, -0.2) is 5.43 Å². The average Bonchev–Trinajstić information content (AvgIpc) is 2.49. The quantitative estimate of drug-likeness (QED) is 0.674. The summed E-state index contributed by atoms with van der Waals surface area (Å²) in [6.45, 7) is 0. The second-order valence-electron chi connectivity index (χ2n) is 4.10. The molecule has 0 radical (unpaired) electrons. The van der Waals surface area contributed by atoms with Crippen LogP contribution in [0.1, 0.15) is 15.9 Å². The molecule has 0 atom stereocenters. The summed E-state index contributed by atoms with van der Waals surface area (Å²) in [6.07, 6.45) is 1.33. The predicted octanol–water partition coefficient (Wildman–Crippen LogP) is 2.82. The monoisotopic (exact) mass is 304 g/mol. The van der Waals surface area contributed by atoms with Crippen molar-refractivity contribution < 1.29 is 14.6 Å². The molecule has 21 heavy (non-hydrogen) atoms. The van der Waals surface area contributed by atoms with E-state index < -0.39 is 5.91 Å². The molecule has 2 rings (SSSR count). The maximum atomic E-state index is 11.9. The number of nitrogens with one attached hydrogen (secondary N) is 1. The highest BCUT2D eigenvalue weighted by molar-refractivity contribution is 6.33. The maximum Gasteiger partial charge on any atom is 0.272 e. The molecule has 0 spiro atoms. The highest BCUT2D eigenvalue weighted by Gasteiger charge is 2.08. The van der Waals surface area contributed by atoms with Crippen LogP contribution in [0.2, 0.25) is 5.02 Å². The molecule has 108 valence electrons. The third kappa shape index (κ3) is 3.73. The van der Waals surface area contributed by atoms with Crippen molar-refractivity contribution in [3.8, 4) is 11.5 Å². The van der Waals surface area contributed by atoms with E-state index in [-0.39, 0.29) is 5.75 Å². The van der Waals surface area contributed by atoms with Gasteiger partial charge >= 0.3 is 0 Å². The fourth-order valence-electron chi connectivity index (χ4n) is 1.63. The van der Waals surface area contributed by atoms with Crippen LogP contribution >= 0.6 is 11.6 Å². The number of amides is 1. The molecule has 0 heterocycles. The van der Waals surface area contributed by atoms with Gasteiger partial charge in [0.15, 0.2) is 0 Å². The second-order valence-corrected chi connectivity index (χ2v) is 4.51. The van der Waals surface area contributed by atoms with Gasteiger partial charge in [-0.15, -0.1) is 0 Å². The summed E-state index contributed by atoms with van der Waals surface area (Å²) >= 11 is 5.91. The molecular formula is C15H13ClN2O3. The smallest absolute Gasteiger partial charge is 0.272 e. The van der Waals surface area contributed by atoms with Crippen molar-refractivity contribution in [2.24, 2.45) is 5.10 Å². The highest BCUT2D eigenvalue weighted by atomic mass is 35.5. The van der Waals surface area contributed by atoms with E-state index in [1.807, 2.05) is 0 Å². The number of hydrazone groups is 1. The minimum Gasteiger partial charge on any atom is -0.507 e. The largest absolute Gasteiger partial charge is 0.507 e. The zero-order valence-electron chi connectivity index (χ0n) is 11.2. The van der Waals surface area contributed by atoms with Crippen LogP contribution in [-0.2, 0) is 0 Å². The third-order valence-electron chi connectivity index (χ3n) is 2.72. The Hall–Kier alpha value is -2.53. The van der Waals surface area contributed by atoms with Crippen LogP contribution in [0.4, 0.5) is 0 Å². The average molecular weight is 305 g/mol. The van der Waals surface area contributed by atoms with Gasteiger partial charge in [0, 0.05) is 5.56 Å². The molecule has 0 aliphatic heterocycles. The molecule has 0 bridgehead atoms. The SMILES string of the molecule is COc1ccc(O)c(/C=N\NC(=O)c2ccccc2Cl)c1. The van der Waals surface area contributed by atoms with Crippen molar-refractivity contribution >= 4 is 23.7 Å². The predicted molar refractivity (Wildman–Crippen MR) is 81.2 cm³/mol. The first-order valence-electron chi connectivity index (χ1n) is 6.06. The zero-order valence-corrected chi connectivity index (χ0v) is 12.0. The van der Waals surface area contributed by atoms with Crippen LogP contribution in [0.25, 0.3) is 0 Å². The van der Waals surface area contributed by atoms with Crippen molar-refractivity contribution in [2.45, 2.75) is 0 Å². The van der Waals surface area contributed by atoms with Crippen LogP contribution < -0.4 is 10.2 Å². The van der Waals surface area contributed by atoms with Crippen LogP contribution in [0.15, 0.2) is 47.6 Å². The molecule has 0 aromatic heterocycles. The fraction of sp³-hybridized carbons (Fsp3) is 0.0667. The van der Waals surface area contributed by atoms with E-state index in [0.29, 0.717) is 21.9 Å². The molecule has 6 heteroatoms. The Labute approximate surface area is 126 Å². The van der Waals surface area contributed by atoms with Crippen molar-refractivity contribution in [3.05, 3.63) is 58.6 Å². The summed E-state index contributed by atoms with van der Waals surface area (Å²) in [4.78, 5) is 11.9. The minimum absolute atomic E-state index is 0.0338. The number of methoxy groups -OCH3 is 1. The Balaban J connectivity index is 2.09. The molecule has 0 unspecified atom stereocenters. The summed E-state index contributed by atoms with van der Waals surface area (Å²) in [7, 11) is 1.52. The van der Waals surface area contributed by atoms with E-state index in [9.17, 15) is 9.90 Å². The molecule has 0 aliphatic rings. The molecule has 5 nitrogen and oxygen atoms in total. The van der Waals surface area contributed by atoms with E-state index in [4.69, 9.17) is 16.3 Å². The Morgan fingerprint density at radius 3 is 2.81 bits per heavy atom. The number of rotatable bonds is 4. The molecule has 1 amide bonds. The lowest BCUT2D eigenvalue weighted by Gasteiger charge is -2.04. The van der Waals surface area contributed by atoms with E-state index >= 15 is 0 Å². The van der Waals surface area contributed by atoms with Gasteiger partial charge in [0.1, 0.15) is 11.5 Å². The number of benzene rings is 2. The number of nitrogens with zero attached hydrogens (tertiary/aromatic N) is 1. The molecule has 0 saturated heterocycles. The lowest BCUT2D eigenvalue weighted by Crippen LogP contribution is -2.17. The van der Waals surface area contributed by atoms with Crippen molar-refractivity contribution in [1.29, 1.82) is 0 Å². The topological polar surface area (TPSA) is 70.9 Å². The van der Waals surface area contributed by atoms with Gasteiger partial charge in [-0.3, -0.25) is 4.79 Å². The van der Waals surface area contributed by atoms with Gasteiger partial charge in [0.2, 0.25) is 0 Å². The number of halogens is 1. The van der Waals surface area contributed by atoms with Crippen molar-refractivity contribution in [1.82, 2.24) is 5.43 Å². The molecule has 0 saturated carbocycles. The van der Waals surface area contributed by atoms with E-state index in [0.717, 1.165) is 0 Å². The van der Waals surface area contributed by atoms with Crippen molar-refractivity contribution in [2.75, 3.05) is 7.11 Å². The van der Waals surface area contributed by atoms with Gasteiger partial charge in [-0.05, 0) is 30.3 Å². The molecule has 2 N–H and O–H groups in total. The number of ether oxygens (including phenoxy) is 1. The van der Waals surface area contributed by atoms with Crippen LogP contribution in [0.3, 0.4) is 0 Å². The molecular weight excluding hydrogens is 292 g/mol. The third-order valence-corrected chi connectivity index (χ3v) is 3.05. The molecule has 2 aromatic rings. The summed E-state index contributed by atoms with van der Waals surface area (Å²) in [5, 5.41) is 13.8. The normalized spacial score (nSPS) is 10.6. The zero-order chi connectivity index (χ0) is 15.2. The molecule has 0 fully saturated rings. The summed E-state index contributed by atoms with van der Waals surface area (Å²) in [5.74, 6) is 0.178. The Kier molecular flexibility index (Phi) is 4.79. The van der Waals surface area contributed by atoms with E-state index in [1.54, 1.807) is 36.4 Å². The fourth-order valence-corrected chi connectivity index (χ4v) is 1.85. The van der Waals surface area contributed by atoms with E-state index in [1.165, 1.54) is 19.4 Å². The summed E-state index contributed by atoms with van der Waals surface area (Å²) in [6, 6.07) is 11.4. The van der Waals surface area contributed by atoms with Gasteiger partial charge in [0.05, 0.1) is 23.9 Å². The first-order valence-corrected chi connectivity index (χ1v) is 6.44. The van der Waals surface area contributed by atoms with E-state index in [2.05, 4.69) is 10.5 Å². The first-order chi connectivity index (χ1) is 10.1. The lowest BCUT2D eigenvalue weighted by molar-refractivity contribution is 0.0955. The molecule has 0 aliphatic carbocycles. The Bertz CT molecular complexity index is 686. The van der Waals surface area contributed by atoms with Crippen LogP contribution in [0.5, 0.6) is 11.5 Å². The second kappa shape index (κ2) is 6.76. The van der Waals surface area contributed by atoms with Gasteiger partial charge < -0.3 is 9.84 Å². The first kappa shape index (κ1) is 14.9. The minimum atomic E-state index is -0.431. The van der Waals surface area contributed by atoms with Crippen molar-refractivity contribution in [3.63, 3.8) is 0 Å². The lowest BCUT2D eigenvalue weighted by atomic mass is 10.2. The Morgan fingerprint density at radius 2 is 2.10 bits per heavy atom. The summed E-state index contributed by atoms with van der Waals surface area (Å²) in [5.41, 5.74) is 3.10. The maximum absolute atomic E-state index is 11.9. The van der Waals surface area contributed by atoms with Gasteiger partial charge in [-0.2, -0.15) is 5.10 Å². The number of phenolic OH excluding ortho intramolecular Hbond substituents is 1. The standard InChI is InChI=1S/C15H13ClN2O3/c1-21-11-6-7-14(19)10(8-11)9-17-18-15(20)12-4-2-3-5-13(12)16/h2-9,19H,1H3,(H,18,20)/b17-9-. The summed E-state index contributed by atoms with van der Waals surface area (Å²) < 4.78 is 5.04. The van der Waals surface area contributed by atoms with Crippen LogP contribution in [0, 0.1) is 0 Å².